The van der Waals surface area contributed by atoms with Gasteiger partial charge in [-0.25, -0.2) is 0 Å². The Hall–Kier alpha value is 1.02. The number of aliphatic hydroxyl groups excluding tert-OH is 1. The van der Waals surface area contributed by atoms with Crippen molar-refractivity contribution in [3.8, 4) is 0 Å². The number of aliphatic hydroxyl groups is 1. The summed E-state index contributed by atoms with van der Waals surface area (Å²) in [6.07, 6.45) is -0.472. The second kappa shape index (κ2) is 7.43. The van der Waals surface area contributed by atoms with Crippen molar-refractivity contribution in [3.05, 3.63) is 6.92 Å². The van der Waals surface area contributed by atoms with E-state index in [-0.39, 0.29) is 32.7 Å². The Labute approximate surface area is 102 Å². The van der Waals surface area contributed by atoms with E-state index < -0.39 is 6.10 Å². The molecule has 0 aliphatic carbocycles. The molecule has 0 spiro atoms. The van der Waals surface area contributed by atoms with Gasteiger partial charge in [0.15, 0.2) is 0 Å². The molecular weight excluding hydrogens is 227 g/mol. The van der Waals surface area contributed by atoms with Gasteiger partial charge in [0.25, 0.3) is 0 Å². The molecule has 2 nitrogen and oxygen atoms in total. The zero-order valence-corrected chi connectivity index (χ0v) is 11.5. The molecule has 0 bridgehead atoms. The summed E-state index contributed by atoms with van der Waals surface area (Å²) in [7, 11) is 0. The van der Waals surface area contributed by atoms with Crippen LogP contribution < -0.4 is 0 Å². The van der Waals surface area contributed by atoms with Gasteiger partial charge in [-0.1, -0.05) is 6.10 Å². The molecule has 0 aromatic heterocycles. The third-order valence-electron chi connectivity index (χ3n) is 1.75. The van der Waals surface area contributed by atoms with E-state index in [0.717, 1.165) is 0 Å². The van der Waals surface area contributed by atoms with Gasteiger partial charge in [0.05, 0.1) is 0 Å². The van der Waals surface area contributed by atoms with Gasteiger partial charge in [-0.2, -0.15) is 0 Å². The van der Waals surface area contributed by atoms with Crippen LogP contribution in [0.15, 0.2) is 0 Å². The molecule has 0 fully saturated rings. The fourth-order valence-electron chi connectivity index (χ4n) is 1.26. The predicted molar refractivity (Wildman–Crippen MR) is 48.3 cm³/mol. The van der Waals surface area contributed by atoms with E-state index in [0.29, 0.717) is 18.6 Å². The largest absolute Gasteiger partial charge is 0.424 e. The predicted octanol–water partition coefficient (Wildman–Crippen LogP) is 1.30. The fourth-order valence-corrected chi connectivity index (χ4v) is 1.26. The Kier molecular flexibility index (Phi) is 9.59. The van der Waals surface area contributed by atoms with Gasteiger partial charge in [0.1, 0.15) is 0 Å². The van der Waals surface area contributed by atoms with E-state index in [1.54, 1.807) is 0 Å². The van der Waals surface area contributed by atoms with Crippen molar-refractivity contribution in [1.29, 1.82) is 0 Å². The van der Waals surface area contributed by atoms with Crippen molar-refractivity contribution in [2.24, 2.45) is 0 Å². The monoisotopic (exact) mass is 247 g/mol. The Morgan fingerprint density at radius 2 is 1.50 bits per heavy atom. The van der Waals surface area contributed by atoms with Gasteiger partial charge in [-0.3, -0.25) is 4.90 Å². The van der Waals surface area contributed by atoms with Crippen LogP contribution in [0.4, 0.5) is 0 Å². The maximum Gasteiger partial charge on any atom is 0.00412 e. The zero-order valence-electron chi connectivity index (χ0n) is 8.62. The minimum Gasteiger partial charge on any atom is -0.424 e. The van der Waals surface area contributed by atoms with Crippen LogP contribution in [0.1, 0.15) is 27.7 Å². The van der Waals surface area contributed by atoms with E-state index >= 15 is 0 Å². The first-order valence-corrected chi connectivity index (χ1v) is 4.22. The summed E-state index contributed by atoms with van der Waals surface area (Å²) in [4.78, 5) is 2.22. The molecule has 0 rings (SSSR count). The molecule has 1 unspecified atom stereocenters. The van der Waals surface area contributed by atoms with Crippen molar-refractivity contribution in [2.45, 2.75) is 45.9 Å². The van der Waals surface area contributed by atoms with E-state index in [1.165, 1.54) is 0 Å². The van der Waals surface area contributed by atoms with E-state index in [9.17, 15) is 0 Å². The van der Waals surface area contributed by atoms with Gasteiger partial charge in [0, 0.05) is 44.8 Å². The maximum absolute atomic E-state index is 9.07. The number of rotatable bonds is 4. The normalized spacial score (nSPS) is 13.8. The number of hydrogen-bond donors (Lipinski definition) is 1. The van der Waals surface area contributed by atoms with Crippen molar-refractivity contribution in [3.63, 3.8) is 0 Å². The zero-order chi connectivity index (χ0) is 9.02. The van der Waals surface area contributed by atoms with Crippen LogP contribution in [-0.2, 0) is 32.7 Å². The van der Waals surface area contributed by atoms with Crippen molar-refractivity contribution >= 4 is 0 Å². The molecule has 3 heteroatoms. The van der Waals surface area contributed by atoms with Gasteiger partial charge in [0.2, 0.25) is 0 Å². The molecule has 1 radical (unpaired) electrons. The summed E-state index contributed by atoms with van der Waals surface area (Å²) in [5, 5.41) is 9.07. The minimum absolute atomic E-state index is 0. The van der Waals surface area contributed by atoms with Crippen molar-refractivity contribution in [2.75, 3.05) is 6.54 Å². The summed E-state index contributed by atoms with van der Waals surface area (Å²) in [5.41, 5.74) is 0. The molecule has 0 aliphatic heterocycles. The first-order chi connectivity index (χ1) is 4.95. The third-order valence-corrected chi connectivity index (χ3v) is 1.75. The van der Waals surface area contributed by atoms with Gasteiger partial charge < -0.3 is 12.0 Å². The second-order valence-corrected chi connectivity index (χ2v) is 3.54. The SMILES string of the molecule is [CH2-]C(O)CN(C(C)C)C(C)C.[Y]. The van der Waals surface area contributed by atoms with E-state index in [1.807, 2.05) is 0 Å². The Balaban J connectivity index is 0. The van der Waals surface area contributed by atoms with Crippen LogP contribution in [0, 0.1) is 6.92 Å². The molecule has 0 aliphatic rings. The smallest absolute Gasteiger partial charge is 0.00412 e. The molecule has 71 valence electrons. The number of nitrogens with zero attached hydrogens (tertiary/aromatic N) is 1. The topological polar surface area (TPSA) is 23.5 Å². The fraction of sp³-hybridized carbons (Fsp3) is 0.889. The summed E-state index contributed by atoms with van der Waals surface area (Å²) < 4.78 is 0. The molecule has 0 heterocycles. The van der Waals surface area contributed by atoms with Crippen LogP contribution in [0.25, 0.3) is 0 Å². The molecule has 12 heavy (non-hydrogen) atoms. The van der Waals surface area contributed by atoms with Crippen LogP contribution in [0.3, 0.4) is 0 Å². The Morgan fingerprint density at radius 1 is 1.17 bits per heavy atom. The maximum atomic E-state index is 9.07. The van der Waals surface area contributed by atoms with Crippen LogP contribution >= 0.6 is 0 Å². The second-order valence-electron chi connectivity index (χ2n) is 3.54. The van der Waals surface area contributed by atoms with Crippen LogP contribution in [0.2, 0.25) is 0 Å². The van der Waals surface area contributed by atoms with Crippen LogP contribution in [0.5, 0.6) is 0 Å². The first-order valence-electron chi connectivity index (χ1n) is 4.22. The van der Waals surface area contributed by atoms with Crippen molar-refractivity contribution in [1.82, 2.24) is 4.90 Å². The number of hydrogen-bond acceptors (Lipinski definition) is 2. The van der Waals surface area contributed by atoms with Gasteiger partial charge >= 0.3 is 0 Å². The molecule has 0 amide bonds. The molecule has 0 saturated heterocycles. The van der Waals surface area contributed by atoms with Crippen LogP contribution in [-0.4, -0.2) is 34.7 Å². The molecule has 1 atom stereocenters. The summed E-state index contributed by atoms with van der Waals surface area (Å²) in [6.45, 7) is 12.7. The molecule has 0 aromatic rings. The summed E-state index contributed by atoms with van der Waals surface area (Å²) in [6, 6.07) is 0.956. The average Bonchev–Trinajstić information content (AvgIpc) is 1.81. The molecule has 0 saturated carbocycles. The van der Waals surface area contributed by atoms with E-state index in [4.69, 9.17) is 5.11 Å². The molecular formula is C9H20NOY-. The third kappa shape index (κ3) is 6.53. The first kappa shape index (κ1) is 15.5. The van der Waals surface area contributed by atoms with Gasteiger partial charge in [-0.15, -0.1) is 0 Å². The summed E-state index contributed by atoms with van der Waals surface area (Å²) in [5.74, 6) is 0. The standard InChI is InChI=1S/C9H20NO.Y/c1-7(2)10(8(3)4)6-9(5)11;/h7-9,11H,5-6H2,1-4H3;/q-1;. The molecule has 1 N–H and O–H groups in total. The average molecular weight is 247 g/mol. The van der Waals surface area contributed by atoms with E-state index in [2.05, 4.69) is 39.5 Å². The molecule has 0 aromatic carbocycles. The Bertz CT molecular complexity index is 96.7. The minimum atomic E-state index is -0.472. The summed E-state index contributed by atoms with van der Waals surface area (Å²) >= 11 is 0. The Morgan fingerprint density at radius 3 is 1.58 bits per heavy atom. The van der Waals surface area contributed by atoms with Gasteiger partial charge in [-0.05, 0) is 34.2 Å². The quantitative estimate of drug-likeness (QED) is 0.757. The van der Waals surface area contributed by atoms with Crippen molar-refractivity contribution < 1.29 is 37.8 Å².